The Morgan fingerprint density at radius 1 is 1.69 bits per heavy atom. The van der Waals surface area contributed by atoms with Gasteiger partial charge in [0.1, 0.15) is 17.6 Å². The van der Waals surface area contributed by atoms with Crippen LogP contribution in [0.4, 0.5) is 5.95 Å². The van der Waals surface area contributed by atoms with Crippen LogP contribution in [-0.4, -0.2) is 27.9 Å². The van der Waals surface area contributed by atoms with E-state index in [1.165, 1.54) is 0 Å². The lowest BCUT2D eigenvalue weighted by Gasteiger charge is -1.89. The first-order valence-corrected chi connectivity index (χ1v) is 4.63. The molecule has 0 bridgehead atoms. The van der Waals surface area contributed by atoms with Crippen molar-refractivity contribution in [3.8, 4) is 0 Å². The highest BCUT2D eigenvalue weighted by Crippen LogP contribution is 2.07. The molecule has 1 aromatic rings. The summed E-state index contributed by atoms with van der Waals surface area (Å²) in [6.07, 6.45) is 0.978. The number of hydrogen-bond donors (Lipinski definition) is 2. The molecular formula is C4H5N3O5S. The molecule has 8 nitrogen and oxygen atoms in total. The second-order valence-corrected chi connectivity index (χ2v) is 3.67. The zero-order valence-electron chi connectivity index (χ0n) is 6.17. The highest BCUT2D eigenvalue weighted by Gasteiger charge is 2.15. The van der Waals surface area contributed by atoms with Gasteiger partial charge >= 0.3 is 5.95 Å². The van der Waals surface area contributed by atoms with Gasteiger partial charge in [0.15, 0.2) is 0 Å². The molecule has 9 heteroatoms. The maximum atomic E-state index is 10.3. The quantitative estimate of drug-likeness (QED) is 0.398. The number of nitrogens with zero attached hydrogens (tertiary/aromatic N) is 2. The number of aromatic amines is 1. The first kappa shape index (κ1) is 9.61. The number of H-pyrrole nitrogens is 1. The SMILES string of the molecule is O=[N+]([O-])c1ncc(CS(=O)(=O)O)[nH]1. The summed E-state index contributed by atoms with van der Waals surface area (Å²) in [6.45, 7) is 0. The monoisotopic (exact) mass is 207 g/mol. The molecule has 0 aromatic carbocycles. The summed E-state index contributed by atoms with van der Waals surface area (Å²) in [7, 11) is -4.18. The summed E-state index contributed by atoms with van der Waals surface area (Å²) in [4.78, 5) is 14.7. The normalized spacial score (nSPS) is 11.5. The van der Waals surface area contributed by atoms with Crippen LogP contribution in [-0.2, 0) is 15.9 Å². The van der Waals surface area contributed by atoms with Crippen LogP contribution in [0, 0.1) is 10.1 Å². The highest BCUT2D eigenvalue weighted by atomic mass is 32.2. The summed E-state index contributed by atoms with van der Waals surface area (Å²) in [5.41, 5.74) is -0.0331. The lowest BCUT2D eigenvalue weighted by atomic mass is 10.6. The van der Waals surface area contributed by atoms with Gasteiger partial charge in [-0.3, -0.25) is 4.55 Å². The standard InChI is InChI=1S/C4H5N3O5S/c8-7(9)4-5-1-3(6-4)2-13(10,11)12/h1H,2H2,(H,5,6)(H,10,11,12). The Hall–Kier alpha value is -1.48. The van der Waals surface area contributed by atoms with Crippen LogP contribution in [0.5, 0.6) is 0 Å². The topological polar surface area (TPSA) is 126 Å². The molecule has 0 saturated heterocycles. The van der Waals surface area contributed by atoms with Crippen LogP contribution in [0.1, 0.15) is 5.69 Å². The average Bonchev–Trinajstić information content (AvgIpc) is 2.31. The zero-order valence-corrected chi connectivity index (χ0v) is 6.98. The third kappa shape index (κ3) is 2.80. The van der Waals surface area contributed by atoms with Gasteiger partial charge in [-0.15, -0.1) is 0 Å². The molecule has 0 unspecified atom stereocenters. The first-order chi connectivity index (χ1) is 5.88. The average molecular weight is 207 g/mol. The van der Waals surface area contributed by atoms with Crippen molar-refractivity contribution in [2.45, 2.75) is 5.75 Å². The molecular weight excluding hydrogens is 202 g/mol. The summed E-state index contributed by atoms with van der Waals surface area (Å²) < 4.78 is 29.0. The number of nitrogens with one attached hydrogen (secondary N) is 1. The molecule has 13 heavy (non-hydrogen) atoms. The van der Waals surface area contributed by atoms with Crippen molar-refractivity contribution in [1.29, 1.82) is 0 Å². The van der Waals surface area contributed by atoms with E-state index in [0.717, 1.165) is 6.20 Å². The number of hydrogen-bond acceptors (Lipinski definition) is 5. The molecule has 0 fully saturated rings. The maximum Gasteiger partial charge on any atom is 0.432 e. The molecule has 0 spiro atoms. The fourth-order valence-corrected chi connectivity index (χ4v) is 1.25. The van der Waals surface area contributed by atoms with E-state index >= 15 is 0 Å². The van der Waals surface area contributed by atoms with E-state index in [0.29, 0.717) is 0 Å². The van der Waals surface area contributed by atoms with Crippen molar-refractivity contribution in [3.63, 3.8) is 0 Å². The predicted octanol–water partition coefficient (Wildman–Crippen LogP) is -0.294. The number of aromatic nitrogens is 2. The summed E-state index contributed by atoms with van der Waals surface area (Å²) in [6, 6.07) is 0. The second-order valence-electron chi connectivity index (χ2n) is 2.22. The highest BCUT2D eigenvalue weighted by molar-refractivity contribution is 7.84. The van der Waals surface area contributed by atoms with Gasteiger partial charge in [0, 0.05) is 0 Å². The fourth-order valence-electron chi connectivity index (χ4n) is 0.710. The number of nitro groups is 1. The van der Waals surface area contributed by atoms with E-state index in [1.54, 1.807) is 0 Å². The Kier molecular flexibility index (Phi) is 2.30. The number of imidazole rings is 1. The first-order valence-electron chi connectivity index (χ1n) is 3.02. The third-order valence-corrected chi connectivity index (χ3v) is 1.80. The van der Waals surface area contributed by atoms with Crippen LogP contribution in [0.25, 0.3) is 0 Å². The van der Waals surface area contributed by atoms with Crippen molar-refractivity contribution in [2.24, 2.45) is 0 Å². The van der Waals surface area contributed by atoms with Gasteiger partial charge in [-0.25, -0.2) is 4.98 Å². The van der Waals surface area contributed by atoms with Gasteiger partial charge in [-0.2, -0.15) is 8.42 Å². The minimum absolute atomic E-state index is 0.0331. The van der Waals surface area contributed by atoms with Gasteiger partial charge in [0.2, 0.25) is 0 Å². The van der Waals surface area contributed by atoms with Crippen LogP contribution in [0.3, 0.4) is 0 Å². The van der Waals surface area contributed by atoms with E-state index in [9.17, 15) is 18.5 Å². The third-order valence-electron chi connectivity index (χ3n) is 1.13. The molecule has 1 heterocycles. The van der Waals surface area contributed by atoms with E-state index in [4.69, 9.17) is 4.55 Å². The fraction of sp³-hybridized carbons (Fsp3) is 0.250. The molecule has 1 rings (SSSR count). The lowest BCUT2D eigenvalue weighted by molar-refractivity contribution is -0.393. The van der Waals surface area contributed by atoms with Crippen LogP contribution >= 0.6 is 0 Å². The summed E-state index contributed by atoms with van der Waals surface area (Å²) >= 11 is 0. The predicted molar refractivity (Wildman–Crippen MR) is 40.5 cm³/mol. The summed E-state index contributed by atoms with van der Waals surface area (Å²) in [5.74, 6) is -1.27. The molecule has 0 atom stereocenters. The lowest BCUT2D eigenvalue weighted by Crippen LogP contribution is -2.01. The Morgan fingerprint density at radius 3 is 2.69 bits per heavy atom. The Bertz CT molecular complexity index is 421. The van der Waals surface area contributed by atoms with Gasteiger partial charge in [-0.1, -0.05) is 4.98 Å². The van der Waals surface area contributed by atoms with Gasteiger partial charge in [-0.05, 0) is 4.92 Å². The van der Waals surface area contributed by atoms with Crippen molar-refractivity contribution in [2.75, 3.05) is 0 Å². The Morgan fingerprint density at radius 2 is 2.31 bits per heavy atom. The molecule has 0 aliphatic rings. The van der Waals surface area contributed by atoms with Crippen molar-refractivity contribution in [1.82, 2.24) is 9.97 Å². The Balaban J connectivity index is 2.87. The van der Waals surface area contributed by atoms with E-state index in [-0.39, 0.29) is 5.69 Å². The largest absolute Gasteiger partial charge is 0.432 e. The van der Waals surface area contributed by atoms with Crippen molar-refractivity contribution < 1.29 is 17.9 Å². The van der Waals surface area contributed by atoms with E-state index in [2.05, 4.69) is 9.97 Å². The zero-order chi connectivity index (χ0) is 10.1. The minimum atomic E-state index is -4.18. The van der Waals surface area contributed by atoms with Gasteiger partial charge in [0.25, 0.3) is 10.1 Å². The van der Waals surface area contributed by atoms with Gasteiger partial charge < -0.3 is 10.1 Å². The summed E-state index contributed by atoms with van der Waals surface area (Å²) in [5, 5.41) is 10.1. The molecule has 1 aromatic heterocycles. The van der Waals surface area contributed by atoms with Crippen LogP contribution in [0.15, 0.2) is 6.20 Å². The maximum absolute atomic E-state index is 10.3. The molecule has 0 aliphatic heterocycles. The second kappa shape index (κ2) is 3.11. The van der Waals surface area contributed by atoms with Crippen LogP contribution < -0.4 is 0 Å². The smallest absolute Gasteiger partial charge is 0.390 e. The molecule has 2 N–H and O–H groups in total. The molecule has 0 amide bonds. The van der Waals surface area contributed by atoms with Gasteiger partial charge in [0.05, 0.1) is 0 Å². The van der Waals surface area contributed by atoms with Crippen molar-refractivity contribution in [3.05, 3.63) is 22.0 Å². The van der Waals surface area contributed by atoms with E-state index < -0.39 is 26.7 Å². The Labute approximate surface area is 72.5 Å². The molecule has 0 saturated carbocycles. The molecule has 72 valence electrons. The van der Waals surface area contributed by atoms with E-state index in [1.807, 2.05) is 0 Å². The minimum Gasteiger partial charge on any atom is -0.390 e. The molecule has 0 radical (unpaired) electrons. The molecule has 0 aliphatic carbocycles. The van der Waals surface area contributed by atoms with Crippen LogP contribution in [0.2, 0.25) is 0 Å². The number of rotatable bonds is 3. The van der Waals surface area contributed by atoms with Crippen molar-refractivity contribution >= 4 is 16.1 Å².